The molecule has 8 heteroatoms. The minimum absolute atomic E-state index is 0.0497. The number of furan rings is 1. The number of hydrogen-bond acceptors (Lipinski definition) is 7. The van der Waals surface area contributed by atoms with Gasteiger partial charge in [0.25, 0.3) is 5.91 Å². The molecule has 35 heavy (non-hydrogen) atoms. The number of aliphatic hydroxyl groups is 1. The molecule has 0 radical (unpaired) electrons. The Morgan fingerprint density at radius 1 is 1.06 bits per heavy atom. The molecule has 1 fully saturated rings. The number of amides is 1. The minimum atomic E-state index is -0.708. The number of morpholine rings is 1. The predicted octanol–water partition coefficient (Wildman–Crippen LogP) is 3.41. The van der Waals surface area contributed by atoms with E-state index >= 15 is 0 Å². The maximum atomic E-state index is 13.7. The number of benzene rings is 2. The van der Waals surface area contributed by atoms with Crippen LogP contribution in [0.1, 0.15) is 22.2 Å². The molecule has 2 aromatic carbocycles. The van der Waals surface area contributed by atoms with E-state index in [1.807, 2.05) is 61.5 Å². The molecule has 182 valence electrons. The molecule has 5 rings (SSSR count). The predicted molar refractivity (Wildman–Crippen MR) is 133 cm³/mol. The average Bonchev–Trinajstić information content (AvgIpc) is 3.42. The number of anilines is 1. The van der Waals surface area contributed by atoms with E-state index in [1.54, 1.807) is 17.0 Å². The average molecular weight is 476 g/mol. The molecular weight excluding hydrogens is 446 g/mol. The van der Waals surface area contributed by atoms with E-state index in [2.05, 4.69) is 4.90 Å². The number of aliphatic hydroxyl groups excluding tert-OH is 1. The summed E-state index contributed by atoms with van der Waals surface area (Å²) in [7, 11) is 3.90. The van der Waals surface area contributed by atoms with Crippen LogP contribution in [0.2, 0.25) is 0 Å². The largest absolute Gasteiger partial charge is 0.503 e. The van der Waals surface area contributed by atoms with E-state index in [-0.39, 0.29) is 11.3 Å². The van der Waals surface area contributed by atoms with Gasteiger partial charge in [0, 0.05) is 51.3 Å². The van der Waals surface area contributed by atoms with Crippen molar-refractivity contribution in [3.05, 3.63) is 77.3 Å². The lowest BCUT2D eigenvalue weighted by atomic mass is 9.94. The maximum Gasteiger partial charge on any atom is 0.290 e. The van der Waals surface area contributed by atoms with E-state index in [4.69, 9.17) is 9.15 Å². The molecule has 0 spiro atoms. The number of para-hydroxylation sites is 1. The molecule has 1 N–H and O–H groups in total. The SMILES string of the molecule is CN(C)c1ccc([C@@H]2C(C(=O)c3cc4ccccc4o3)=C(O)C(=O)N2CCN2CCOCC2)cc1. The fourth-order valence-corrected chi connectivity index (χ4v) is 4.72. The molecule has 2 aliphatic rings. The van der Waals surface area contributed by atoms with Gasteiger partial charge in [-0.3, -0.25) is 14.5 Å². The molecular formula is C27H29N3O5. The van der Waals surface area contributed by atoms with Gasteiger partial charge >= 0.3 is 0 Å². The first-order valence-corrected chi connectivity index (χ1v) is 11.8. The third kappa shape index (κ3) is 4.42. The van der Waals surface area contributed by atoms with Gasteiger partial charge in [0.05, 0.1) is 24.8 Å². The van der Waals surface area contributed by atoms with Crippen LogP contribution in [0.15, 0.2) is 70.3 Å². The summed E-state index contributed by atoms with van der Waals surface area (Å²) in [6, 6.07) is 16.0. The summed E-state index contributed by atoms with van der Waals surface area (Å²) in [4.78, 5) is 32.7. The summed E-state index contributed by atoms with van der Waals surface area (Å²) in [5.74, 6) is -1.44. The molecule has 0 saturated carbocycles. The fraction of sp³-hybridized carbons (Fsp3) is 0.333. The molecule has 3 heterocycles. The van der Waals surface area contributed by atoms with Gasteiger partial charge in [-0.05, 0) is 29.8 Å². The molecule has 2 aliphatic heterocycles. The van der Waals surface area contributed by atoms with Crippen LogP contribution < -0.4 is 4.90 Å². The monoisotopic (exact) mass is 475 g/mol. The van der Waals surface area contributed by atoms with Crippen molar-refractivity contribution in [3.63, 3.8) is 0 Å². The fourth-order valence-electron chi connectivity index (χ4n) is 4.72. The molecule has 1 aromatic heterocycles. The zero-order valence-electron chi connectivity index (χ0n) is 19.9. The van der Waals surface area contributed by atoms with Crippen molar-refractivity contribution in [2.75, 3.05) is 58.4 Å². The summed E-state index contributed by atoms with van der Waals surface area (Å²) < 4.78 is 11.2. The Hall–Kier alpha value is -3.62. The Labute approximate surface area is 204 Å². The van der Waals surface area contributed by atoms with Gasteiger partial charge < -0.3 is 24.1 Å². The van der Waals surface area contributed by atoms with E-state index < -0.39 is 23.5 Å². The second-order valence-corrected chi connectivity index (χ2v) is 9.08. The van der Waals surface area contributed by atoms with Crippen molar-refractivity contribution < 1.29 is 23.8 Å². The Balaban J connectivity index is 1.50. The smallest absolute Gasteiger partial charge is 0.290 e. The van der Waals surface area contributed by atoms with Crippen LogP contribution in [0.3, 0.4) is 0 Å². The van der Waals surface area contributed by atoms with Crippen LogP contribution in [0.5, 0.6) is 0 Å². The highest BCUT2D eigenvalue weighted by Gasteiger charge is 2.44. The number of ketones is 1. The van der Waals surface area contributed by atoms with Crippen molar-refractivity contribution in [3.8, 4) is 0 Å². The van der Waals surface area contributed by atoms with Crippen molar-refractivity contribution in [1.29, 1.82) is 0 Å². The van der Waals surface area contributed by atoms with Crippen molar-refractivity contribution >= 4 is 28.3 Å². The first-order valence-electron chi connectivity index (χ1n) is 11.8. The Kier molecular flexibility index (Phi) is 6.32. The van der Waals surface area contributed by atoms with E-state index in [1.165, 1.54) is 0 Å². The van der Waals surface area contributed by atoms with Gasteiger partial charge in [0.2, 0.25) is 5.78 Å². The lowest BCUT2D eigenvalue weighted by molar-refractivity contribution is -0.129. The molecule has 0 bridgehead atoms. The summed E-state index contributed by atoms with van der Waals surface area (Å²) in [6.45, 7) is 3.88. The molecule has 8 nitrogen and oxygen atoms in total. The van der Waals surface area contributed by atoms with Crippen LogP contribution >= 0.6 is 0 Å². The van der Waals surface area contributed by atoms with E-state index in [9.17, 15) is 14.7 Å². The van der Waals surface area contributed by atoms with Crippen LogP contribution in [0, 0.1) is 0 Å². The lowest BCUT2D eigenvalue weighted by Crippen LogP contribution is -2.43. The Morgan fingerprint density at radius 3 is 2.46 bits per heavy atom. The van der Waals surface area contributed by atoms with E-state index in [0.717, 1.165) is 29.7 Å². The van der Waals surface area contributed by atoms with Gasteiger partial charge in [0.1, 0.15) is 5.58 Å². The number of Topliss-reactive ketones (excluding diaryl/α,β-unsaturated/α-hetero) is 1. The molecule has 1 amide bonds. The highest BCUT2D eigenvalue weighted by atomic mass is 16.5. The summed E-state index contributed by atoms with van der Waals surface area (Å²) in [5.41, 5.74) is 2.38. The molecule has 1 saturated heterocycles. The third-order valence-corrected chi connectivity index (χ3v) is 6.68. The Bertz CT molecular complexity index is 1240. The topological polar surface area (TPSA) is 86.5 Å². The first kappa shape index (κ1) is 23.1. The first-order chi connectivity index (χ1) is 16.9. The third-order valence-electron chi connectivity index (χ3n) is 6.68. The molecule has 0 aliphatic carbocycles. The van der Waals surface area contributed by atoms with Gasteiger partial charge in [-0.15, -0.1) is 0 Å². The van der Waals surface area contributed by atoms with Gasteiger partial charge in [-0.25, -0.2) is 0 Å². The van der Waals surface area contributed by atoms with Crippen molar-refractivity contribution in [2.24, 2.45) is 0 Å². The molecule has 1 atom stereocenters. The zero-order valence-corrected chi connectivity index (χ0v) is 19.9. The van der Waals surface area contributed by atoms with Crippen LogP contribution in [-0.4, -0.2) is 80.1 Å². The second kappa shape index (κ2) is 9.56. The highest BCUT2D eigenvalue weighted by molar-refractivity contribution is 6.16. The highest BCUT2D eigenvalue weighted by Crippen LogP contribution is 2.40. The van der Waals surface area contributed by atoms with Gasteiger partial charge in [-0.2, -0.15) is 0 Å². The van der Waals surface area contributed by atoms with Crippen LogP contribution in [0.25, 0.3) is 11.0 Å². The normalized spacial score (nSPS) is 19.1. The molecule has 3 aromatic rings. The molecule has 0 unspecified atom stereocenters. The number of ether oxygens (including phenoxy) is 1. The van der Waals surface area contributed by atoms with Crippen LogP contribution in [-0.2, 0) is 9.53 Å². The number of nitrogens with zero attached hydrogens (tertiary/aromatic N) is 3. The summed E-state index contributed by atoms with van der Waals surface area (Å²) in [6.07, 6.45) is 0. The van der Waals surface area contributed by atoms with E-state index in [0.29, 0.717) is 31.9 Å². The van der Waals surface area contributed by atoms with Crippen LogP contribution in [0.4, 0.5) is 5.69 Å². The number of carbonyl (C=O) groups excluding carboxylic acids is 2. The minimum Gasteiger partial charge on any atom is -0.503 e. The summed E-state index contributed by atoms with van der Waals surface area (Å²) >= 11 is 0. The van der Waals surface area contributed by atoms with Gasteiger partial charge in [0.15, 0.2) is 11.5 Å². The van der Waals surface area contributed by atoms with Crippen molar-refractivity contribution in [1.82, 2.24) is 9.80 Å². The van der Waals surface area contributed by atoms with Crippen molar-refractivity contribution in [2.45, 2.75) is 6.04 Å². The quantitative estimate of drug-likeness (QED) is 0.524. The number of carbonyl (C=O) groups is 2. The zero-order chi connectivity index (χ0) is 24.5. The second-order valence-electron chi connectivity index (χ2n) is 9.08. The lowest BCUT2D eigenvalue weighted by Gasteiger charge is -2.31. The number of fused-ring (bicyclic) bond motifs is 1. The van der Waals surface area contributed by atoms with Gasteiger partial charge in [-0.1, -0.05) is 30.3 Å². The summed E-state index contributed by atoms with van der Waals surface area (Å²) in [5, 5.41) is 11.7. The Morgan fingerprint density at radius 2 is 1.77 bits per heavy atom. The maximum absolute atomic E-state index is 13.7. The number of rotatable bonds is 7. The number of hydrogen-bond donors (Lipinski definition) is 1. The standard InChI is InChI=1S/C27H29N3O5/c1-28(2)20-9-7-18(8-10-20)24-23(25(31)22-17-19-5-3-4-6-21(19)35-22)26(32)27(33)30(24)12-11-29-13-15-34-16-14-29/h3-10,17,24,32H,11-16H2,1-2H3/t24-/m1/s1.